The van der Waals surface area contributed by atoms with Gasteiger partial charge in [0, 0.05) is 21.8 Å². The third-order valence-electron chi connectivity index (χ3n) is 4.43. The molecule has 0 aliphatic carbocycles. The first-order valence-corrected chi connectivity index (χ1v) is 10.5. The maximum Gasteiger partial charge on any atom is 0.251 e. The molecule has 0 aliphatic rings. The lowest BCUT2D eigenvalue weighted by Gasteiger charge is -2.17. The van der Waals surface area contributed by atoms with Gasteiger partial charge in [0.2, 0.25) is 0 Å². The van der Waals surface area contributed by atoms with Gasteiger partial charge < -0.3 is 14.8 Å². The first-order valence-electron chi connectivity index (χ1n) is 9.52. The summed E-state index contributed by atoms with van der Waals surface area (Å²) in [6.07, 6.45) is 0. The number of rotatable bonds is 9. The molecule has 0 spiro atoms. The molecule has 0 radical (unpaired) electrons. The summed E-state index contributed by atoms with van der Waals surface area (Å²) in [5.41, 5.74) is 1.54. The molecule has 150 valence electrons. The molecule has 4 nitrogen and oxygen atoms in total. The first-order chi connectivity index (χ1) is 14.2. The third kappa shape index (κ3) is 6.03. The lowest BCUT2D eigenvalue weighted by molar-refractivity contribution is 0.0939. The van der Waals surface area contributed by atoms with Crippen LogP contribution in [0.3, 0.4) is 0 Å². The average Bonchev–Trinajstić information content (AvgIpc) is 2.77. The quantitative estimate of drug-likeness (QED) is 0.383. The van der Waals surface area contributed by atoms with E-state index in [1.54, 1.807) is 31.0 Å². The number of hydrogen-bond donors (Lipinski definition) is 1. The second-order valence-corrected chi connectivity index (χ2v) is 7.64. The summed E-state index contributed by atoms with van der Waals surface area (Å²) in [5, 5.41) is 3.01. The second-order valence-electron chi connectivity index (χ2n) is 6.47. The number of hydrogen-bond acceptors (Lipinski definition) is 4. The van der Waals surface area contributed by atoms with Gasteiger partial charge in [-0.1, -0.05) is 36.4 Å². The van der Waals surface area contributed by atoms with Crippen molar-refractivity contribution in [3.05, 3.63) is 90.0 Å². The monoisotopic (exact) mass is 407 g/mol. The van der Waals surface area contributed by atoms with Crippen molar-refractivity contribution >= 4 is 17.7 Å². The van der Waals surface area contributed by atoms with Crippen molar-refractivity contribution in [1.29, 1.82) is 0 Å². The number of amides is 1. The number of ether oxygens (including phenoxy) is 2. The summed E-state index contributed by atoms with van der Waals surface area (Å²) in [5.74, 6) is 2.25. The summed E-state index contributed by atoms with van der Waals surface area (Å²) in [7, 11) is 1.63. The molecule has 1 N–H and O–H groups in total. The van der Waals surface area contributed by atoms with E-state index < -0.39 is 0 Å². The number of benzene rings is 3. The van der Waals surface area contributed by atoms with E-state index in [2.05, 4.69) is 17.4 Å². The predicted molar refractivity (Wildman–Crippen MR) is 118 cm³/mol. The molecule has 1 amide bonds. The Labute approximate surface area is 176 Å². The third-order valence-corrected chi connectivity index (χ3v) is 5.41. The van der Waals surface area contributed by atoms with Crippen LogP contribution in [-0.2, 0) is 0 Å². The molecule has 0 bridgehead atoms. The number of nitrogens with one attached hydrogen (secondary N) is 1. The summed E-state index contributed by atoms with van der Waals surface area (Å²) in [4.78, 5) is 13.8. The minimum absolute atomic E-state index is 0.130. The van der Waals surface area contributed by atoms with Crippen LogP contribution in [0.15, 0.2) is 83.8 Å². The lowest BCUT2D eigenvalue weighted by Crippen LogP contribution is -2.26. The lowest BCUT2D eigenvalue weighted by atomic mass is 10.1. The Morgan fingerprint density at radius 1 is 0.966 bits per heavy atom. The zero-order valence-electron chi connectivity index (χ0n) is 16.6. The predicted octanol–water partition coefficient (Wildman–Crippen LogP) is 5.36. The maximum absolute atomic E-state index is 12.6. The molecule has 0 saturated heterocycles. The second kappa shape index (κ2) is 10.6. The highest BCUT2D eigenvalue weighted by molar-refractivity contribution is 7.99. The molecule has 29 heavy (non-hydrogen) atoms. The minimum Gasteiger partial charge on any atom is -0.496 e. The Morgan fingerprint density at radius 3 is 2.38 bits per heavy atom. The van der Waals surface area contributed by atoms with Crippen LogP contribution in [0.25, 0.3) is 0 Å². The normalized spacial score (nSPS) is 11.5. The Balaban J connectivity index is 1.49. The summed E-state index contributed by atoms with van der Waals surface area (Å²) in [6.45, 7) is 2.55. The van der Waals surface area contributed by atoms with E-state index in [4.69, 9.17) is 9.47 Å². The molecule has 0 fully saturated rings. The average molecular weight is 408 g/mol. The van der Waals surface area contributed by atoms with E-state index in [0.717, 1.165) is 22.8 Å². The van der Waals surface area contributed by atoms with Gasteiger partial charge >= 0.3 is 0 Å². The van der Waals surface area contributed by atoms with Gasteiger partial charge in [0.1, 0.15) is 11.5 Å². The molecule has 0 saturated carbocycles. The van der Waals surface area contributed by atoms with Crippen molar-refractivity contribution < 1.29 is 14.3 Å². The van der Waals surface area contributed by atoms with Gasteiger partial charge in [-0.15, -0.1) is 11.8 Å². The Morgan fingerprint density at radius 2 is 1.66 bits per heavy atom. The molecule has 3 aromatic carbocycles. The summed E-state index contributed by atoms with van der Waals surface area (Å²) < 4.78 is 11.1. The Kier molecular flexibility index (Phi) is 7.59. The highest BCUT2D eigenvalue weighted by Crippen LogP contribution is 2.25. The van der Waals surface area contributed by atoms with Crippen LogP contribution in [0, 0.1) is 0 Å². The number of thioether (sulfide) groups is 1. The van der Waals surface area contributed by atoms with Crippen molar-refractivity contribution in [3.63, 3.8) is 0 Å². The molecule has 3 aromatic rings. The van der Waals surface area contributed by atoms with Crippen LogP contribution in [0.1, 0.15) is 28.9 Å². The van der Waals surface area contributed by atoms with Crippen LogP contribution in [0.2, 0.25) is 0 Å². The Hall–Kier alpha value is -2.92. The van der Waals surface area contributed by atoms with Crippen molar-refractivity contribution in [3.8, 4) is 11.5 Å². The highest BCUT2D eigenvalue weighted by Gasteiger charge is 2.14. The van der Waals surface area contributed by atoms with Gasteiger partial charge in [-0.25, -0.2) is 0 Å². The van der Waals surface area contributed by atoms with Crippen LogP contribution < -0.4 is 14.8 Å². The fourth-order valence-electron chi connectivity index (χ4n) is 2.92. The minimum atomic E-state index is -0.162. The van der Waals surface area contributed by atoms with Crippen molar-refractivity contribution in [2.45, 2.75) is 17.9 Å². The van der Waals surface area contributed by atoms with Gasteiger partial charge in [0.25, 0.3) is 5.91 Å². The van der Waals surface area contributed by atoms with Gasteiger partial charge in [0.15, 0.2) is 0 Å². The molecule has 0 aliphatic heterocycles. The van der Waals surface area contributed by atoms with E-state index in [9.17, 15) is 4.79 Å². The Bertz CT molecular complexity index is 913. The van der Waals surface area contributed by atoms with Crippen LogP contribution >= 0.6 is 11.8 Å². The van der Waals surface area contributed by atoms with E-state index in [1.807, 2.05) is 61.5 Å². The number of carbonyl (C=O) groups is 1. The number of para-hydroxylation sites is 1. The van der Waals surface area contributed by atoms with E-state index in [1.165, 1.54) is 4.90 Å². The standard InChI is InChI=1S/C24H25NO3S/c1-18(22-10-6-7-11-23(22)27-2)25-24(26)19-12-14-20(15-13-19)28-16-17-29-21-8-4-3-5-9-21/h3-15,18H,16-17H2,1-2H3,(H,25,26)/t18-/m1/s1. The van der Waals surface area contributed by atoms with Crippen LogP contribution in [0.5, 0.6) is 11.5 Å². The van der Waals surface area contributed by atoms with Gasteiger partial charge in [-0.2, -0.15) is 0 Å². The van der Waals surface area contributed by atoms with Crippen LogP contribution in [-0.4, -0.2) is 25.4 Å². The van der Waals surface area contributed by atoms with E-state index >= 15 is 0 Å². The molecule has 0 aromatic heterocycles. The van der Waals surface area contributed by atoms with Gasteiger partial charge in [-0.3, -0.25) is 4.79 Å². The largest absolute Gasteiger partial charge is 0.496 e. The fraction of sp³-hybridized carbons (Fsp3) is 0.208. The first kappa shape index (κ1) is 20.8. The molecular weight excluding hydrogens is 382 g/mol. The highest BCUT2D eigenvalue weighted by atomic mass is 32.2. The summed E-state index contributed by atoms with van der Waals surface area (Å²) >= 11 is 1.76. The molecular formula is C24H25NO3S. The van der Waals surface area contributed by atoms with E-state index in [0.29, 0.717) is 12.2 Å². The maximum atomic E-state index is 12.6. The summed E-state index contributed by atoms with van der Waals surface area (Å²) in [6, 6.07) is 25.0. The number of methoxy groups -OCH3 is 1. The zero-order valence-corrected chi connectivity index (χ0v) is 17.4. The molecule has 0 unspecified atom stereocenters. The van der Waals surface area contributed by atoms with E-state index in [-0.39, 0.29) is 11.9 Å². The molecule has 0 heterocycles. The van der Waals surface area contributed by atoms with Crippen LogP contribution in [0.4, 0.5) is 0 Å². The zero-order chi connectivity index (χ0) is 20.5. The van der Waals surface area contributed by atoms with Gasteiger partial charge in [-0.05, 0) is 49.4 Å². The number of carbonyl (C=O) groups excluding carboxylic acids is 1. The fourth-order valence-corrected chi connectivity index (χ4v) is 3.67. The smallest absolute Gasteiger partial charge is 0.251 e. The molecule has 3 rings (SSSR count). The molecule has 5 heteroatoms. The van der Waals surface area contributed by atoms with Crippen molar-refractivity contribution in [2.24, 2.45) is 0 Å². The topological polar surface area (TPSA) is 47.6 Å². The van der Waals surface area contributed by atoms with Crippen molar-refractivity contribution in [2.75, 3.05) is 19.5 Å². The van der Waals surface area contributed by atoms with Gasteiger partial charge in [0.05, 0.1) is 19.8 Å². The molecule has 1 atom stereocenters. The van der Waals surface area contributed by atoms with Crippen molar-refractivity contribution in [1.82, 2.24) is 5.32 Å². The SMILES string of the molecule is COc1ccccc1[C@@H](C)NC(=O)c1ccc(OCCSc2ccccc2)cc1.